The Morgan fingerprint density at radius 2 is 1.62 bits per heavy atom. The van der Waals surface area contributed by atoms with Gasteiger partial charge in [-0.2, -0.15) is 0 Å². The van der Waals surface area contributed by atoms with Gasteiger partial charge in [0.05, 0.1) is 18.4 Å². The van der Waals surface area contributed by atoms with Crippen LogP contribution < -0.4 is 9.64 Å². The minimum atomic E-state index is -0.443. The van der Waals surface area contributed by atoms with Gasteiger partial charge in [-0.3, -0.25) is 4.79 Å². The lowest BCUT2D eigenvalue weighted by molar-refractivity contribution is 0.0773. The van der Waals surface area contributed by atoms with Gasteiger partial charge in [-0.1, -0.05) is 23.7 Å². The van der Waals surface area contributed by atoms with Crippen LogP contribution in [0.25, 0.3) is 0 Å². The standard InChI is InChI=1S/C26H28ClFN2O2/c1-5-29(6-2)26(31)23-16-21(28)10-14-25(23)30(24-13-9-20(27)15-18(24)3)17-19-7-11-22(32-4)12-8-19/h7-16H,5-6,17H2,1-4H3. The molecular formula is C26H28ClFN2O2. The summed E-state index contributed by atoms with van der Waals surface area (Å²) in [6, 6.07) is 17.8. The molecule has 0 saturated carbocycles. The first-order chi connectivity index (χ1) is 15.4. The molecule has 3 aromatic carbocycles. The second-order valence-corrected chi connectivity index (χ2v) is 7.94. The summed E-state index contributed by atoms with van der Waals surface area (Å²) >= 11 is 6.20. The van der Waals surface area contributed by atoms with E-state index >= 15 is 0 Å². The van der Waals surface area contributed by atoms with Crippen LogP contribution in [0, 0.1) is 12.7 Å². The lowest BCUT2D eigenvalue weighted by Crippen LogP contribution is -2.32. The van der Waals surface area contributed by atoms with Crippen molar-refractivity contribution in [2.45, 2.75) is 27.3 Å². The molecule has 3 aromatic rings. The predicted molar refractivity (Wildman–Crippen MR) is 129 cm³/mol. The molecule has 0 unspecified atom stereocenters. The summed E-state index contributed by atoms with van der Waals surface area (Å²) in [5.41, 5.74) is 3.84. The third kappa shape index (κ3) is 5.22. The number of amides is 1. The summed E-state index contributed by atoms with van der Waals surface area (Å²) in [7, 11) is 1.63. The highest BCUT2D eigenvalue weighted by Gasteiger charge is 2.23. The van der Waals surface area contributed by atoms with Gasteiger partial charge >= 0.3 is 0 Å². The highest BCUT2D eigenvalue weighted by molar-refractivity contribution is 6.30. The summed E-state index contributed by atoms with van der Waals surface area (Å²) in [6.45, 7) is 7.37. The Morgan fingerprint density at radius 1 is 0.969 bits per heavy atom. The van der Waals surface area contributed by atoms with E-state index in [-0.39, 0.29) is 5.91 Å². The maximum absolute atomic E-state index is 14.3. The highest BCUT2D eigenvalue weighted by Crippen LogP contribution is 2.35. The van der Waals surface area contributed by atoms with Gasteiger partial charge in [0.1, 0.15) is 11.6 Å². The maximum Gasteiger partial charge on any atom is 0.256 e. The average Bonchev–Trinajstić information content (AvgIpc) is 2.79. The molecule has 3 rings (SSSR count). The number of ether oxygens (including phenoxy) is 1. The van der Waals surface area contributed by atoms with Crippen LogP contribution in [0.2, 0.25) is 5.02 Å². The van der Waals surface area contributed by atoms with Gasteiger partial charge < -0.3 is 14.5 Å². The zero-order chi connectivity index (χ0) is 23.3. The first-order valence-electron chi connectivity index (χ1n) is 10.6. The normalized spacial score (nSPS) is 10.7. The van der Waals surface area contributed by atoms with E-state index in [0.717, 1.165) is 22.6 Å². The molecular weight excluding hydrogens is 427 g/mol. The second-order valence-electron chi connectivity index (χ2n) is 7.50. The predicted octanol–water partition coefficient (Wildman–Crippen LogP) is 6.62. The van der Waals surface area contributed by atoms with Crippen LogP contribution in [0.5, 0.6) is 5.75 Å². The van der Waals surface area contributed by atoms with Gasteiger partial charge in [-0.05, 0) is 80.4 Å². The van der Waals surface area contributed by atoms with Crippen molar-refractivity contribution < 1.29 is 13.9 Å². The molecule has 1 amide bonds. The van der Waals surface area contributed by atoms with Crippen molar-refractivity contribution in [1.29, 1.82) is 0 Å². The first kappa shape index (κ1) is 23.6. The monoisotopic (exact) mass is 454 g/mol. The van der Waals surface area contributed by atoms with E-state index in [1.165, 1.54) is 12.1 Å². The summed E-state index contributed by atoms with van der Waals surface area (Å²) in [6.07, 6.45) is 0. The number of benzene rings is 3. The number of nitrogens with zero attached hydrogens (tertiary/aromatic N) is 2. The smallest absolute Gasteiger partial charge is 0.256 e. The Hall–Kier alpha value is -3.05. The van der Waals surface area contributed by atoms with Crippen LogP contribution in [-0.2, 0) is 6.54 Å². The fraction of sp³-hybridized carbons (Fsp3) is 0.269. The molecule has 6 heteroatoms. The van der Waals surface area contributed by atoms with Gasteiger partial charge in [0, 0.05) is 30.3 Å². The molecule has 0 aliphatic heterocycles. The number of aryl methyl sites for hydroxylation is 1. The van der Waals surface area contributed by atoms with Gasteiger partial charge in [0.2, 0.25) is 0 Å². The summed E-state index contributed by atoms with van der Waals surface area (Å²) < 4.78 is 19.5. The summed E-state index contributed by atoms with van der Waals surface area (Å²) in [4.78, 5) is 17.0. The quantitative estimate of drug-likeness (QED) is 0.383. The SMILES string of the molecule is CCN(CC)C(=O)c1cc(F)ccc1N(Cc1ccc(OC)cc1)c1ccc(Cl)cc1C. The zero-order valence-electron chi connectivity index (χ0n) is 18.9. The molecule has 32 heavy (non-hydrogen) atoms. The minimum Gasteiger partial charge on any atom is -0.497 e. The number of carbonyl (C=O) groups is 1. The Morgan fingerprint density at radius 3 is 2.22 bits per heavy atom. The molecule has 0 aliphatic carbocycles. The lowest BCUT2D eigenvalue weighted by Gasteiger charge is -2.30. The third-order valence-electron chi connectivity index (χ3n) is 5.48. The fourth-order valence-corrected chi connectivity index (χ4v) is 3.96. The van der Waals surface area contributed by atoms with Crippen LogP contribution in [0.15, 0.2) is 60.7 Å². The van der Waals surface area contributed by atoms with E-state index in [1.807, 2.05) is 68.1 Å². The Balaban J connectivity index is 2.15. The number of anilines is 2. The fourth-order valence-electron chi connectivity index (χ4n) is 3.73. The van der Waals surface area contributed by atoms with E-state index < -0.39 is 5.82 Å². The molecule has 0 saturated heterocycles. The van der Waals surface area contributed by atoms with Gasteiger partial charge in [0.15, 0.2) is 0 Å². The van der Waals surface area contributed by atoms with Crippen molar-refractivity contribution in [2.24, 2.45) is 0 Å². The molecule has 4 nitrogen and oxygen atoms in total. The van der Waals surface area contributed by atoms with Crippen molar-refractivity contribution in [3.05, 3.63) is 88.2 Å². The van der Waals surface area contributed by atoms with Crippen molar-refractivity contribution in [3.8, 4) is 5.75 Å². The van der Waals surface area contributed by atoms with E-state index in [9.17, 15) is 9.18 Å². The van der Waals surface area contributed by atoms with Crippen molar-refractivity contribution in [2.75, 3.05) is 25.1 Å². The van der Waals surface area contributed by atoms with Gasteiger partial charge in [-0.15, -0.1) is 0 Å². The minimum absolute atomic E-state index is 0.198. The Bertz CT molecular complexity index is 1080. The van der Waals surface area contributed by atoms with E-state index in [4.69, 9.17) is 16.3 Å². The molecule has 168 valence electrons. The number of carbonyl (C=O) groups excluding carboxylic acids is 1. The highest BCUT2D eigenvalue weighted by atomic mass is 35.5. The molecule has 0 aliphatic rings. The van der Waals surface area contributed by atoms with Crippen molar-refractivity contribution in [3.63, 3.8) is 0 Å². The molecule has 0 heterocycles. The van der Waals surface area contributed by atoms with Crippen LogP contribution >= 0.6 is 11.6 Å². The number of methoxy groups -OCH3 is 1. The number of rotatable bonds is 8. The molecule has 0 aromatic heterocycles. The lowest BCUT2D eigenvalue weighted by atomic mass is 10.1. The Labute approximate surface area is 194 Å². The molecule has 0 bridgehead atoms. The van der Waals surface area contributed by atoms with Crippen LogP contribution in [0.3, 0.4) is 0 Å². The van der Waals surface area contributed by atoms with Gasteiger partial charge in [0.25, 0.3) is 5.91 Å². The zero-order valence-corrected chi connectivity index (χ0v) is 19.6. The van der Waals surface area contributed by atoms with Crippen LogP contribution in [0.4, 0.5) is 15.8 Å². The number of halogens is 2. The topological polar surface area (TPSA) is 32.8 Å². The molecule has 0 fully saturated rings. The van der Waals surface area contributed by atoms with E-state index in [1.54, 1.807) is 18.1 Å². The first-order valence-corrected chi connectivity index (χ1v) is 11.0. The molecule has 0 N–H and O–H groups in total. The van der Waals surface area contributed by atoms with Crippen molar-refractivity contribution in [1.82, 2.24) is 4.90 Å². The van der Waals surface area contributed by atoms with Crippen LogP contribution in [0.1, 0.15) is 35.3 Å². The van der Waals surface area contributed by atoms with Crippen LogP contribution in [-0.4, -0.2) is 31.0 Å². The van der Waals surface area contributed by atoms with Crippen molar-refractivity contribution >= 4 is 28.9 Å². The van der Waals surface area contributed by atoms with Gasteiger partial charge in [-0.25, -0.2) is 4.39 Å². The van der Waals surface area contributed by atoms with E-state index in [0.29, 0.717) is 35.9 Å². The summed E-state index contributed by atoms with van der Waals surface area (Å²) in [5, 5.41) is 0.634. The Kier molecular flexibility index (Phi) is 7.75. The average molecular weight is 455 g/mol. The maximum atomic E-state index is 14.3. The largest absolute Gasteiger partial charge is 0.497 e. The summed E-state index contributed by atoms with van der Waals surface area (Å²) in [5.74, 6) is 0.125. The van der Waals surface area contributed by atoms with E-state index in [2.05, 4.69) is 0 Å². The molecule has 0 atom stereocenters. The molecule has 0 spiro atoms. The molecule has 0 radical (unpaired) electrons. The number of hydrogen-bond acceptors (Lipinski definition) is 3. The second kappa shape index (κ2) is 10.5. The number of hydrogen-bond donors (Lipinski definition) is 0. The third-order valence-corrected chi connectivity index (χ3v) is 5.71.